The zero-order valence-electron chi connectivity index (χ0n) is 7.32. The van der Waals surface area contributed by atoms with Crippen LogP contribution in [0.25, 0.3) is 0 Å². The Morgan fingerprint density at radius 1 is 1.69 bits per heavy atom. The summed E-state index contributed by atoms with van der Waals surface area (Å²) in [6.45, 7) is 0.671. The Labute approximate surface area is 81.1 Å². The Balaban J connectivity index is 1.79. The minimum Gasteiger partial charge on any atom is -0.373 e. The molecule has 1 saturated carbocycles. The second-order valence-electron chi connectivity index (χ2n) is 3.14. The third kappa shape index (κ3) is 2.18. The van der Waals surface area contributed by atoms with E-state index in [1.165, 1.54) is 30.6 Å². The van der Waals surface area contributed by atoms with Crippen molar-refractivity contribution in [2.24, 2.45) is 5.84 Å². The van der Waals surface area contributed by atoms with Gasteiger partial charge in [0.05, 0.1) is 17.6 Å². The molecule has 1 aromatic heterocycles. The molecule has 3 N–H and O–H groups in total. The molecule has 0 spiro atoms. The number of hydrazine groups is 1. The van der Waals surface area contributed by atoms with Gasteiger partial charge in [0.25, 0.3) is 0 Å². The highest BCUT2D eigenvalue weighted by Crippen LogP contribution is 2.25. The van der Waals surface area contributed by atoms with Crippen molar-refractivity contribution in [3.63, 3.8) is 0 Å². The van der Waals surface area contributed by atoms with E-state index in [9.17, 15) is 0 Å². The van der Waals surface area contributed by atoms with Crippen molar-refractivity contribution >= 4 is 16.5 Å². The summed E-state index contributed by atoms with van der Waals surface area (Å²) in [6, 6.07) is 0. The Hall–Kier alpha value is -0.650. The largest absolute Gasteiger partial charge is 0.373 e. The number of ether oxygens (including phenoxy) is 1. The highest BCUT2D eigenvalue weighted by Gasteiger charge is 2.17. The van der Waals surface area contributed by atoms with Gasteiger partial charge in [-0.3, -0.25) is 5.43 Å². The molecular formula is C8H13N3OS. The average molecular weight is 199 g/mol. The van der Waals surface area contributed by atoms with Crippen molar-refractivity contribution in [3.8, 4) is 0 Å². The summed E-state index contributed by atoms with van der Waals surface area (Å²) >= 11 is 1.54. The smallest absolute Gasteiger partial charge is 0.197 e. The zero-order valence-corrected chi connectivity index (χ0v) is 8.14. The molecule has 0 aliphatic heterocycles. The predicted molar refractivity (Wildman–Crippen MR) is 52.4 cm³/mol. The lowest BCUT2D eigenvalue weighted by atomic mass is 9.96. The molecule has 1 aliphatic rings. The number of nitrogens with one attached hydrogen (secondary N) is 1. The minimum atomic E-state index is 0.483. The van der Waals surface area contributed by atoms with Crippen LogP contribution >= 0.6 is 11.3 Å². The second-order valence-corrected chi connectivity index (χ2v) is 4.26. The van der Waals surface area contributed by atoms with Crippen LogP contribution in [-0.2, 0) is 11.3 Å². The topological polar surface area (TPSA) is 60.2 Å². The van der Waals surface area contributed by atoms with E-state index in [4.69, 9.17) is 10.6 Å². The molecule has 2 rings (SSSR count). The Kier molecular flexibility index (Phi) is 2.77. The molecule has 0 saturated heterocycles. The van der Waals surface area contributed by atoms with Gasteiger partial charge < -0.3 is 4.74 Å². The first-order valence-electron chi connectivity index (χ1n) is 4.41. The molecule has 1 aliphatic carbocycles. The molecular weight excluding hydrogens is 186 g/mol. The monoisotopic (exact) mass is 199 g/mol. The lowest BCUT2D eigenvalue weighted by Gasteiger charge is -2.24. The van der Waals surface area contributed by atoms with E-state index >= 15 is 0 Å². The normalized spacial score (nSPS) is 17.0. The van der Waals surface area contributed by atoms with Gasteiger partial charge in [-0.05, 0) is 19.3 Å². The molecule has 1 fully saturated rings. The number of hydrogen-bond donors (Lipinski definition) is 2. The van der Waals surface area contributed by atoms with Gasteiger partial charge in [-0.1, -0.05) is 11.3 Å². The SMILES string of the molecule is NNc1ncc(COC2CCC2)s1. The first kappa shape index (κ1) is 8.93. The number of thiazole rings is 1. The van der Waals surface area contributed by atoms with Crippen molar-refractivity contribution in [2.75, 3.05) is 5.43 Å². The van der Waals surface area contributed by atoms with E-state index < -0.39 is 0 Å². The lowest BCUT2D eigenvalue weighted by molar-refractivity contribution is -0.00750. The van der Waals surface area contributed by atoms with E-state index in [1.54, 1.807) is 6.20 Å². The minimum absolute atomic E-state index is 0.483. The molecule has 5 heteroatoms. The predicted octanol–water partition coefficient (Wildman–Crippen LogP) is 1.50. The highest BCUT2D eigenvalue weighted by molar-refractivity contribution is 7.15. The standard InChI is InChI=1S/C8H13N3OS/c9-11-8-10-4-7(13-8)5-12-6-2-1-3-6/h4,6H,1-3,5,9H2,(H,10,11). The molecule has 0 amide bonds. The van der Waals surface area contributed by atoms with E-state index in [0.29, 0.717) is 12.7 Å². The van der Waals surface area contributed by atoms with Crippen LogP contribution in [0.2, 0.25) is 0 Å². The van der Waals surface area contributed by atoms with E-state index in [1.807, 2.05) is 0 Å². The van der Waals surface area contributed by atoms with Crippen LogP contribution in [0.4, 0.5) is 5.13 Å². The van der Waals surface area contributed by atoms with Crippen LogP contribution in [0.3, 0.4) is 0 Å². The van der Waals surface area contributed by atoms with E-state index in [0.717, 1.165) is 10.0 Å². The fraction of sp³-hybridized carbons (Fsp3) is 0.625. The molecule has 13 heavy (non-hydrogen) atoms. The number of nitrogens with zero attached hydrogens (tertiary/aromatic N) is 1. The van der Waals surface area contributed by atoms with Crippen molar-refractivity contribution in [3.05, 3.63) is 11.1 Å². The average Bonchev–Trinajstić information content (AvgIpc) is 2.49. The molecule has 0 radical (unpaired) electrons. The van der Waals surface area contributed by atoms with Gasteiger partial charge in [0.2, 0.25) is 0 Å². The summed E-state index contributed by atoms with van der Waals surface area (Å²) in [5, 5.41) is 0.743. The van der Waals surface area contributed by atoms with Crippen molar-refractivity contribution in [1.29, 1.82) is 0 Å². The highest BCUT2D eigenvalue weighted by atomic mass is 32.1. The molecule has 4 nitrogen and oxygen atoms in total. The Morgan fingerprint density at radius 3 is 3.08 bits per heavy atom. The maximum absolute atomic E-state index is 5.62. The number of nitrogen functional groups attached to an aromatic ring is 1. The van der Waals surface area contributed by atoms with Crippen molar-refractivity contribution in [2.45, 2.75) is 32.0 Å². The van der Waals surface area contributed by atoms with Gasteiger partial charge in [-0.15, -0.1) is 0 Å². The Morgan fingerprint density at radius 2 is 2.54 bits per heavy atom. The summed E-state index contributed by atoms with van der Waals surface area (Å²) in [5.74, 6) is 5.21. The van der Waals surface area contributed by atoms with Crippen LogP contribution in [0.15, 0.2) is 6.20 Å². The molecule has 0 unspecified atom stereocenters. The number of nitrogens with two attached hydrogens (primary N) is 1. The third-order valence-corrected chi connectivity index (χ3v) is 3.09. The molecule has 1 aromatic rings. The summed E-state index contributed by atoms with van der Waals surface area (Å²) in [7, 11) is 0. The van der Waals surface area contributed by atoms with Gasteiger partial charge in [0.1, 0.15) is 0 Å². The summed E-state index contributed by atoms with van der Waals surface area (Å²) < 4.78 is 5.62. The zero-order chi connectivity index (χ0) is 9.10. The van der Waals surface area contributed by atoms with Gasteiger partial charge in [-0.2, -0.15) is 0 Å². The van der Waals surface area contributed by atoms with Gasteiger partial charge in [0, 0.05) is 6.20 Å². The van der Waals surface area contributed by atoms with Crippen LogP contribution in [-0.4, -0.2) is 11.1 Å². The molecule has 1 heterocycles. The maximum atomic E-state index is 5.62. The van der Waals surface area contributed by atoms with Gasteiger partial charge >= 0.3 is 0 Å². The van der Waals surface area contributed by atoms with E-state index in [2.05, 4.69) is 10.4 Å². The number of rotatable bonds is 4. The van der Waals surface area contributed by atoms with Crippen molar-refractivity contribution in [1.82, 2.24) is 4.98 Å². The van der Waals surface area contributed by atoms with Crippen LogP contribution in [0.1, 0.15) is 24.1 Å². The van der Waals surface area contributed by atoms with E-state index in [-0.39, 0.29) is 0 Å². The Bertz CT molecular complexity index is 272. The summed E-state index contributed by atoms with van der Waals surface area (Å²) in [4.78, 5) is 5.18. The fourth-order valence-electron chi connectivity index (χ4n) is 1.18. The number of anilines is 1. The van der Waals surface area contributed by atoms with Crippen molar-refractivity contribution < 1.29 is 4.74 Å². The quantitative estimate of drug-likeness (QED) is 0.570. The third-order valence-electron chi connectivity index (χ3n) is 2.19. The summed E-state index contributed by atoms with van der Waals surface area (Å²) in [5.41, 5.74) is 2.51. The maximum Gasteiger partial charge on any atom is 0.197 e. The second kappa shape index (κ2) is 4.04. The first-order valence-corrected chi connectivity index (χ1v) is 5.23. The van der Waals surface area contributed by atoms with Crippen LogP contribution in [0.5, 0.6) is 0 Å². The molecule has 0 bridgehead atoms. The fourth-order valence-corrected chi connectivity index (χ4v) is 1.82. The molecule has 0 aromatic carbocycles. The summed E-state index contributed by atoms with van der Waals surface area (Å²) in [6.07, 6.45) is 6.01. The first-order chi connectivity index (χ1) is 6.38. The van der Waals surface area contributed by atoms with Crippen LogP contribution in [0, 0.1) is 0 Å². The van der Waals surface area contributed by atoms with Gasteiger partial charge in [-0.25, -0.2) is 10.8 Å². The number of aromatic nitrogens is 1. The molecule has 0 atom stereocenters. The number of hydrogen-bond acceptors (Lipinski definition) is 5. The van der Waals surface area contributed by atoms with Crippen LogP contribution < -0.4 is 11.3 Å². The van der Waals surface area contributed by atoms with Gasteiger partial charge in [0.15, 0.2) is 5.13 Å². The lowest BCUT2D eigenvalue weighted by Crippen LogP contribution is -2.20. The molecule has 72 valence electrons.